The number of imidazole rings is 1. The Morgan fingerprint density at radius 1 is 1.02 bits per heavy atom. The highest BCUT2D eigenvalue weighted by Gasteiger charge is 2.37. The van der Waals surface area contributed by atoms with Crippen molar-refractivity contribution < 1.29 is 31.9 Å². The molecule has 4 aromatic heterocycles. The van der Waals surface area contributed by atoms with Gasteiger partial charge < -0.3 is 10.2 Å². The summed E-state index contributed by atoms with van der Waals surface area (Å²) in [5.74, 6) is -1.52. The summed E-state index contributed by atoms with van der Waals surface area (Å²) in [5, 5.41) is 10.3. The SMILES string of the molecule is Cn1c(=O)n(C2CCC(=O)NC2=O)c2cccc([C@@H]3CCN(CC4CCC(n5cc6cc(NC(=O)c7cccc(C(F)(F)F)n7)ncc6n5)CC4)C[C@H]3F)c21. The Hall–Kier alpha value is -5.45. The molecule has 3 atom stereocenters. The maximum Gasteiger partial charge on any atom is 0.433 e. The van der Waals surface area contributed by atoms with Crippen molar-refractivity contribution in [2.75, 3.05) is 25.0 Å². The molecule has 0 radical (unpaired) electrons. The topological polar surface area (TPSA) is 149 Å². The van der Waals surface area contributed by atoms with E-state index in [0.29, 0.717) is 35.4 Å². The highest BCUT2D eigenvalue weighted by Crippen LogP contribution is 2.38. The van der Waals surface area contributed by atoms with Gasteiger partial charge in [-0.25, -0.2) is 19.2 Å². The van der Waals surface area contributed by atoms with E-state index in [1.807, 2.05) is 16.9 Å². The molecule has 5 aromatic rings. The lowest BCUT2D eigenvalue weighted by molar-refractivity contribution is -0.141. The van der Waals surface area contributed by atoms with Crippen LogP contribution < -0.4 is 16.3 Å². The number of hydrogen-bond acceptors (Lipinski definition) is 8. The van der Waals surface area contributed by atoms with E-state index in [4.69, 9.17) is 5.10 Å². The number of aryl methyl sites for hydroxylation is 1. The number of benzene rings is 1. The summed E-state index contributed by atoms with van der Waals surface area (Å²) in [6.45, 7) is 1.77. The Morgan fingerprint density at radius 2 is 1.80 bits per heavy atom. The molecule has 1 unspecified atom stereocenters. The number of fused-ring (bicyclic) bond motifs is 2. The van der Waals surface area contributed by atoms with Gasteiger partial charge in [0.15, 0.2) is 0 Å². The fourth-order valence-electron chi connectivity index (χ4n) is 8.54. The predicted octanol–water partition coefficient (Wildman–Crippen LogP) is 5.29. The fraction of sp³-hybridized carbons (Fsp3) is 0.447. The van der Waals surface area contributed by atoms with Crippen molar-refractivity contribution in [3.05, 3.63) is 82.3 Å². The monoisotopic (exact) mass is 761 g/mol. The van der Waals surface area contributed by atoms with Gasteiger partial charge >= 0.3 is 11.9 Å². The summed E-state index contributed by atoms with van der Waals surface area (Å²) in [5.41, 5.74) is 0.650. The van der Waals surface area contributed by atoms with E-state index in [0.717, 1.165) is 55.3 Å². The second kappa shape index (κ2) is 14.3. The Bertz CT molecular complexity index is 2360. The number of likely N-dealkylation sites (tertiary alicyclic amines) is 1. The zero-order valence-electron chi connectivity index (χ0n) is 29.9. The zero-order valence-corrected chi connectivity index (χ0v) is 29.9. The van der Waals surface area contributed by atoms with Gasteiger partial charge in [0.05, 0.1) is 23.3 Å². The van der Waals surface area contributed by atoms with Crippen molar-refractivity contribution in [3.63, 3.8) is 0 Å². The molecule has 1 saturated carbocycles. The third-order valence-corrected chi connectivity index (χ3v) is 11.3. The number of alkyl halides is 4. The minimum atomic E-state index is -4.67. The largest absolute Gasteiger partial charge is 0.433 e. The van der Waals surface area contributed by atoms with Crippen molar-refractivity contribution in [3.8, 4) is 0 Å². The van der Waals surface area contributed by atoms with E-state index in [-0.39, 0.29) is 48.5 Å². The first-order valence-corrected chi connectivity index (χ1v) is 18.4. The van der Waals surface area contributed by atoms with Crippen molar-refractivity contribution in [2.24, 2.45) is 13.0 Å². The minimum absolute atomic E-state index is 0.143. The van der Waals surface area contributed by atoms with Gasteiger partial charge in [-0.2, -0.15) is 18.3 Å². The number of anilines is 1. The number of pyridine rings is 2. The average Bonchev–Trinajstić information content (AvgIpc) is 3.69. The molecular formula is C38H39F4N9O4. The molecule has 1 aromatic carbocycles. The van der Waals surface area contributed by atoms with E-state index >= 15 is 4.39 Å². The number of imide groups is 1. The fourth-order valence-corrected chi connectivity index (χ4v) is 8.54. The minimum Gasteiger partial charge on any atom is -0.305 e. The van der Waals surface area contributed by atoms with Gasteiger partial charge in [0.25, 0.3) is 5.91 Å². The summed E-state index contributed by atoms with van der Waals surface area (Å²) in [6.07, 6.45) is 2.18. The lowest BCUT2D eigenvalue weighted by Crippen LogP contribution is -2.44. The van der Waals surface area contributed by atoms with Crippen LogP contribution in [-0.4, -0.2) is 77.3 Å². The molecule has 1 aliphatic carbocycles. The number of carbonyl (C=O) groups is 3. The Morgan fingerprint density at radius 3 is 2.55 bits per heavy atom. The molecule has 0 bridgehead atoms. The van der Waals surface area contributed by atoms with Gasteiger partial charge in [-0.05, 0) is 80.8 Å². The molecule has 2 N–H and O–H groups in total. The van der Waals surface area contributed by atoms with Crippen LogP contribution in [-0.2, 0) is 22.8 Å². The van der Waals surface area contributed by atoms with Crippen LogP contribution in [0.2, 0.25) is 0 Å². The molecule has 2 saturated heterocycles. The number of para-hydroxylation sites is 1. The molecule has 0 spiro atoms. The molecule has 17 heteroatoms. The van der Waals surface area contributed by atoms with E-state index in [9.17, 15) is 32.3 Å². The molecule has 288 valence electrons. The average molecular weight is 762 g/mol. The van der Waals surface area contributed by atoms with Gasteiger partial charge in [-0.3, -0.25) is 33.5 Å². The molecule has 3 fully saturated rings. The van der Waals surface area contributed by atoms with Crippen LogP contribution in [0.1, 0.15) is 84.7 Å². The van der Waals surface area contributed by atoms with Crippen molar-refractivity contribution in [1.29, 1.82) is 0 Å². The molecule has 3 aliphatic rings. The Kier molecular flexibility index (Phi) is 9.51. The number of nitrogens with zero attached hydrogens (tertiary/aromatic N) is 7. The van der Waals surface area contributed by atoms with Crippen LogP contribution in [0.15, 0.2) is 59.7 Å². The number of piperidine rings is 2. The second-order valence-electron chi connectivity index (χ2n) is 14.8. The zero-order chi connectivity index (χ0) is 38.6. The highest BCUT2D eigenvalue weighted by atomic mass is 19.4. The third kappa shape index (κ3) is 7.12. The van der Waals surface area contributed by atoms with Crippen LogP contribution in [0.4, 0.5) is 23.4 Å². The second-order valence-corrected chi connectivity index (χ2v) is 14.8. The first-order chi connectivity index (χ1) is 26.3. The van der Waals surface area contributed by atoms with Gasteiger partial charge in [-0.15, -0.1) is 0 Å². The number of nitrogens with one attached hydrogen (secondary N) is 2. The van der Waals surface area contributed by atoms with Gasteiger partial charge in [0.2, 0.25) is 11.8 Å². The number of halogens is 4. The van der Waals surface area contributed by atoms with E-state index in [1.54, 1.807) is 25.2 Å². The van der Waals surface area contributed by atoms with Crippen LogP contribution in [0.25, 0.3) is 21.9 Å². The molecule has 8 rings (SSSR count). The summed E-state index contributed by atoms with van der Waals surface area (Å²) < 4.78 is 60.1. The molecular weight excluding hydrogens is 722 g/mol. The number of carbonyl (C=O) groups excluding carboxylic acids is 3. The van der Waals surface area contributed by atoms with Crippen LogP contribution in [0.5, 0.6) is 0 Å². The molecule has 3 amide bonds. The predicted molar refractivity (Wildman–Crippen MR) is 193 cm³/mol. The Balaban J connectivity index is 0.872. The lowest BCUT2D eigenvalue weighted by atomic mass is 9.83. The highest BCUT2D eigenvalue weighted by molar-refractivity contribution is 6.03. The standard InChI is InChI=1S/C38H39F4N9O4/c1-48-34-25(4-2-6-29(34)51(37(48)55)30-12-13-33(52)46-36(30)54)24-14-15-49(20-26(24)39)18-21-8-10-23(11-9-21)50-19-22-16-32(43-17-28(22)47-50)45-35(53)27-5-3-7-31(44-27)38(40,41)42/h2-7,16-17,19,21,23-24,26,30H,8-15,18,20H2,1H3,(H,45,53)(H,46,52,54)/t21?,23?,24-,26+,30?/m0/s1. The summed E-state index contributed by atoms with van der Waals surface area (Å²) in [4.78, 5) is 60.3. The van der Waals surface area contributed by atoms with Crippen molar-refractivity contribution in [2.45, 2.75) is 75.3 Å². The normalized spacial score (nSPS) is 24.0. The molecule has 13 nitrogen and oxygen atoms in total. The number of hydrogen-bond donors (Lipinski definition) is 2. The summed E-state index contributed by atoms with van der Waals surface area (Å²) >= 11 is 0. The van der Waals surface area contributed by atoms with Crippen LogP contribution >= 0.6 is 0 Å². The van der Waals surface area contributed by atoms with Crippen LogP contribution in [0.3, 0.4) is 0 Å². The molecule has 55 heavy (non-hydrogen) atoms. The smallest absolute Gasteiger partial charge is 0.305 e. The summed E-state index contributed by atoms with van der Waals surface area (Å²) in [7, 11) is 1.64. The summed E-state index contributed by atoms with van der Waals surface area (Å²) in [6, 6.07) is 9.54. The van der Waals surface area contributed by atoms with Crippen molar-refractivity contribution >= 4 is 45.5 Å². The number of amides is 3. The first-order valence-electron chi connectivity index (χ1n) is 18.4. The number of rotatable bonds is 7. The lowest BCUT2D eigenvalue weighted by Gasteiger charge is -2.38. The maximum absolute atomic E-state index is 16.1. The van der Waals surface area contributed by atoms with Crippen molar-refractivity contribution in [1.82, 2.24) is 39.1 Å². The van der Waals surface area contributed by atoms with E-state index in [1.165, 1.54) is 21.4 Å². The maximum atomic E-state index is 16.1. The van der Waals surface area contributed by atoms with Gasteiger partial charge in [-0.1, -0.05) is 18.2 Å². The quantitative estimate of drug-likeness (QED) is 0.168. The van der Waals surface area contributed by atoms with E-state index < -0.39 is 41.8 Å². The third-order valence-electron chi connectivity index (χ3n) is 11.3. The molecule has 2 aliphatic heterocycles. The van der Waals surface area contributed by atoms with Crippen LogP contribution in [0, 0.1) is 5.92 Å². The van der Waals surface area contributed by atoms with Gasteiger partial charge in [0.1, 0.15) is 34.9 Å². The molecule has 6 heterocycles. The Labute approximate surface area is 311 Å². The van der Waals surface area contributed by atoms with Gasteiger partial charge in [0, 0.05) is 44.1 Å². The number of aromatic nitrogens is 6. The first kappa shape index (κ1) is 36.5. The van der Waals surface area contributed by atoms with E-state index in [2.05, 4.69) is 25.5 Å².